The molecule has 0 heterocycles. The summed E-state index contributed by atoms with van der Waals surface area (Å²) < 4.78 is 36.4. The van der Waals surface area contributed by atoms with E-state index in [1.54, 1.807) is 6.42 Å². The molecular formula is C9H11F3ORf5-2. The van der Waals surface area contributed by atoms with Gasteiger partial charge < -0.3 is 11.5 Å². The van der Waals surface area contributed by atoms with Crippen molar-refractivity contribution in [2.75, 3.05) is 0 Å². The van der Waals surface area contributed by atoms with Crippen LogP contribution < -0.4 is 0 Å². The molecule has 2 aliphatic rings. The third kappa shape index (κ3) is 2.16. The SMILES string of the molecule is O[C-](C1[CH-]C2CCC1C2)C(F)(F)F.[Rf].[Rf].[Rf].[Rf].[Rf]. The van der Waals surface area contributed by atoms with Crippen LogP contribution in [-0.2, 0) is 0 Å². The largest absolute Gasteiger partial charge is 0.557 e. The zero-order chi connectivity index (χ0) is 9.64. The summed E-state index contributed by atoms with van der Waals surface area (Å²) in [7, 11) is 0. The molecule has 0 aliphatic heterocycles. The maximum absolute atomic E-state index is 12.1. The Morgan fingerprint density at radius 2 is 1.50 bits per heavy atom. The maximum atomic E-state index is 12.1. The fourth-order valence-corrected chi connectivity index (χ4v) is 2.51. The smallest absolute Gasteiger partial charge is 0.292 e. The van der Waals surface area contributed by atoms with E-state index in [-0.39, 0.29) is 5.92 Å². The standard InChI is InChI=1S/C9H11F3O.5Rf/c10-9(11,12)8(13)7-4-5-1-2-6(7)3-5;;;;;/h4-7,13H,1-3H2;;;;;/q-2;;;;;. The van der Waals surface area contributed by atoms with Gasteiger partial charge in [0.15, 0.2) is 0 Å². The first kappa shape index (κ1) is 23.0. The van der Waals surface area contributed by atoms with Gasteiger partial charge in [0, 0.05) is 0 Å². The predicted molar refractivity (Wildman–Crippen MR) is 39.9 cm³/mol. The molecular weight excluding hydrogens is 1520 g/mol. The van der Waals surface area contributed by atoms with Crippen molar-refractivity contribution in [1.82, 2.24) is 0 Å². The summed E-state index contributed by atoms with van der Waals surface area (Å²) in [6.07, 6.45) is -1.52. The Labute approximate surface area is 74.9 Å². The Morgan fingerprint density at radius 1 is 1.00 bits per heavy atom. The first-order valence-electron chi connectivity index (χ1n) is 4.46. The van der Waals surface area contributed by atoms with Gasteiger partial charge in [-0.2, -0.15) is 5.92 Å². The number of halogens is 3. The normalized spacial score (nSPS) is 28.2. The molecule has 0 aromatic rings. The number of aliphatic hydroxyl groups is 1. The number of hydrogen-bond donors (Lipinski definition) is 1. The van der Waals surface area contributed by atoms with Crippen molar-refractivity contribution in [2.45, 2.75) is 25.4 Å². The van der Waals surface area contributed by atoms with Crippen molar-refractivity contribution >= 4 is 0 Å². The summed E-state index contributed by atoms with van der Waals surface area (Å²) in [5.41, 5.74) is 0. The van der Waals surface area contributed by atoms with Gasteiger partial charge in [0.1, 0.15) is 0 Å². The molecule has 0 saturated heterocycles. The molecule has 2 saturated carbocycles. The zero-order valence-corrected chi connectivity index (χ0v) is 42.5. The summed E-state index contributed by atoms with van der Waals surface area (Å²) in [5.74, 6) is -0.384. The minimum Gasteiger partial charge on any atom is -0.557 e. The molecule has 2 bridgehead atoms. The van der Waals surface area contributed by atoms with E-state index in [1.165, 1.54) is 0 Å². The van der Waals surface area contributed by atoms with Gasteiger partial charge in [-0.15, -0.1) is 6.10 Å². The maximum Gasteiger partial charge on any atom is 0.292 e. The van der Waals surface area contributed by atoms with Gasteiger partial charge in [-0.3, -0.25) is 5.92 Å². The Hall–Kier alpha value is -5.25. The van der Waals surface area contributed by atoms with Gasteiger partial charge in [0.2, 0.25) is 0 Å². The Kier molecular flexibility index (Phi) is 6.18. The van der Waals surface area contributed by atoms with Crippen LogP contribution in [0.25, 0.3) is 0 Å². The van der Waals surface area contributed by atoms with E-state index in [4.69, 9.17) is 5.11 Å². The molecule has 0 aromatic heterocycles. The number of rotatable bonds is 1. The van der Waals surface area contributed by atoms with Crippen molar-refractivity contribution in [3.05, 3.63) is 12.5 Å². The number of aliphatic hydroxyl groups excluding tert-OH is 1. The van der Waals surface area contributed by atoms with E-state index in [2.05, 4.69) is 0 Å². The minimum absolute atomic E-state index is 0. The predicted octanol–water partition coefficient (Wildman–Crippen LogP) is 2.70. The molecule has 18 heavy (non-hydrogen) atoms. The Balaban J connectivity index is -0.000000196. The number of alkyl halides is 3. The summed E-state index contributed by atoms with van der Waals surface area (Å²) in [4.78, 5) is 0. The Bertz CT molecular complexity index is 217. The number of hydrogen-bond acceptors (Lipinski definition) is 1. The molecule has 2 rings (SSSR count). The second-order valence-electron chi connectivity index (χ2n) is 3.93. The van der Waals surface area contributed by atoms with E-state index in [9.17, 15) is 13.2 Å². The molecule has 0 spiro atoms. The summed E-state index contributed by atoms with van der Waals surface area (Å²) in [6.45, 7) is 0. The average molecular weight is 1530 g/mol. The van der Waals surface area contributed by atoms with E-state index < -0.39 is 18.2 Å². The second kappa shape index (κ2) is 4.84. The van der Waals surface area contributed by atoms with E-state index in [1.807, 2.05) is 0 Å². The molecule has 9 heteroatoms. The van der Waals surface area contributed by atoms with Gasteiger partial charge in [0.05, 0.1) is 0 Å². The Morgan fingerprint density at radius 3 is 1.78 bits per heavy atom. The summed E-state index contributed by atoms with van der Waals surface area (Å²) in [5, 5.41) is 8.97. The molecule has 2 fully saturated rings. The van der Waals surface area contributed by atoms with Crippen molar-refractivity contribution in [3.63, 3.8) is 0 Å². The van der Waals surface area contributed by atoms with Crippen LogP contribution in [0.1, 0.15) is 19.3 Å². The monoisotopic (exact) mass is 1530 g/mol. The quantitative estimate of drug-likeness (QED) is 0.402. The molecule has 2 aliphatic carbocycles. The van der Waals surface area contributed by atoms with Crippen molar-refractivity contribution in [1.29, 1.82) is 0 Å². The topological polar surface area (TPSA) is 20.2 Å². The van der Waals surface area contributed by atoms with Crippen molar-refractivity contribution in [3.8, 4) is 0 Å². The molecule has 0 amide bonds. The molecule has 86 valence electrons. The van der Waals surface area contributed by atoms with Gasteiger partial charge >= 0.3 is 0 Å². The van der Waals surface area contributed by atoms with Crippen LogP contribution in [-0.4, -0.2) is 11.3 Å². The molecule has 1 N–H and O–H groups in total. The summed E-state index contributed by atoms with van der Waals surface area (Å²) >= 11 is 0. The van der Waals surface area contributed by atoms with Crippen LogP contribution in [0.15, 0.2) is 0 Å². The van der Waals surface area contributed by atoms with E-state index in [0.29, 0.717) is 5.92 Å². The van der Waals surface area contributed by atoms with Crippen LogP contribution >= 0.6 is 0 Å². The average Bonchev–Trinajstić information content (AvgIpc) is 2.60. The van der Waals surface area contributed by atoms with Crippen LogP contribution in [0.5, 0.6) is 0 Å². The van der Waals surface area contributed by atoms with Crippen molar-refractivity contribution in [2.24, 2.45) is 17.8 Å². The van der Waals surface area contributed by atoms with Crippen LogP contribution in [0.2, 0.25) is 0 Å². The fraction of sp³-hybridized carbons (Fsp3) is 0.778. The molecule has 3 atom stereocenters. The second-order valence-corrected chi connectivity index (χ2v) is 3.93. The number of fused-ring (bicyclic) bond motifs is 2. The van der Waals surface area contributed by atoms with E-state index >= 15 is 0 Å². The zero-order valence-electron chi connectivity index (χ0n) is 10.5. The van der Waals surface area contributed by atoms with Crippen LogP contribution in [0.3, 0.4) is 0 Å². The summed E-state index contributed by atoms with van der Waals surface area (Å²) in [6, 6.07) is 0. The molecule has 0 aromatic carbocycles. The van der Waals surface area contributed by atoms with Crippen LogP contribution in [0, 0.1) is 30.3 Å². The minimum atomic E-state index is -4.54. The van der Waals surface area contributed by atoms with Gasteiger partial charge in [0.25, 0.3) is 6.18 Å². The van der Waals surface area contributed by atoms with Gasteiger partial charge in [-0.1, -0.05) is 25.2 Å². The van der Waals surface area contributed by atoms with E-state index in [0.717, 1.165) is 19.3 Å². The fourth-order valence-electron chi connectivity index (χ4n) is 2.51. The molecule has 1 nitrogen and oxygen atoms in total. The van der Waals surface area contributed by atoms with Crippen LogP contribution in [0.4, 0.5) is 13.2 Å². The van der Waals surface area contributed by atoms with Gasteiger partial charge in [-0.05, 0) is 0 Å². The first-order valence-corrected chi connectivity index (χ1v) is 4.46. The van der Waals surface area contributed by atoms with Gasteiger partial charge in [-0.25, -0.2) is 13.2 Å². The third-order valence-electron chi connectivity index (χ3n) is 3.11. The third-order valence-corrected chi connectivity index (χ3v) is 3.11. The molecule has 0 radical (unpaired) electrons. The first-order chi connectivity index (χ1) is 5.98. The van der Waals surface area contributed by atoms with Crippen molar-refractivity contribution < 1.29 is 18.3 Å². The molecule has 3 unspecified atom stereocenters.